The second kappa shape index (κ2) is 6.30. The first-order valence-corrected chi connectivity index (χ1v) is 4.86. The fourth-order valence-corrected chi connectivity index (χ4v) is 0.662. The molecule has 0 aliphatic carbocycles. The van der Waals surface area contributed by atoms with Crippen LogP contribution in [0.2, 0.25) is 0 Å². The highest BCUT2D eigenvalue weighted by molar-refractivity contribution is 6.29. The maximum absolute atomic E-state index is 11.0. The van der Waals surface area contributed by atoms with Gasteiger partial charge in [-0.15, -0.1) is 11.6 Å². The Kier molecular flexibility index (Phi) is 6.17. The molecule has 0 aromatic rings. The summed E-state index contributed by atoms with van der Waals surface area (Å²) >= 11 is 5.67. The molecule has 0 rings (SSSR count). The number of hydrogen-bond donors (Lipinski definition) is 0. The Morgan fingerprint density at radius 1 is 1.42 bits per heavy atom. The standard InChI is InChI=1S/C9H17ClO2/c1-4-7(3)6-12-9(11)8(10)5-2/h7-8H,4-6H2,1-3H3/t7?,8-/m0/s1. The van der Waals surface area contributed by atoms with Crippen LogP contribution in [-0.2, 0) is 9.53 Å². The lowest BCUT2D eigenvalue weighted by Crippen LogP contribution is -2.19. The summed E-state index contributed by atoms with van der Waals surface area (Å²) in [6.07, 6.45) is 1.65. The molecule has 0 fully saturated rings. The Morgan fingerprint density at radius 3 is 2.42 bits per heavy atom. The normalized spacial score (nSPS) is 15.3. The summed E-state index contributed by atoms with van der Waals surface area (Å²) in [4.78, 5) is 11.0. The smallest absolute Gasteiger partial charge is 0.324 e. The van der Waals surface area contributed by atoms with E-state index in [1.807, 2.05) is 13.8 Å². The summed E-state index contributed by atoms with van der Waals surface area (Å²) in [6, 6.07) is 0. The van der Waals surface area contributed by atoms with Gasteiger partial charge in [0.1, 0.15) is 5.38 Å². The third kappa shape index (κ3) is 4.60. The first-order chi connectivity index (χ1) is 5.61. The van der Waals surface area contributed by atoms with E-state index in [-0.39, 0.29) is 5.97 Å². The number of rotatable bonds is 5. The molecule has 0 spiro atoms. The van der Waals surface area contributed by atoms with Crippen LogP contribution in [0.3, 0.4) is 0 Å². The summed E-state index contributed by atoms with van der Waals surface area (Å²) in [7, 11) is 0. The third-order valence-electron chi connectivity index (χ3n) is 1.82. The molecule has 2 atom stereocenters. The molecular formula is C9H17ClO2. The topological polar surface area (TPSA) is 26.3 Å². The first kappa shape index (κ1) is 11.8. The molecule has 0 aromatic carbocycles. The van der Waals surface area contributed by atoms with Gasteiger partial charge in [-0.3, -0.25) is 4.79 Å². The summed E-state index contributed by atoms with van der Waals surface area (Å²) in [5.74, 6) is 0.133. The van der Waals surface area contributed by atoms with Crippen LogP contribution in [0.15, 0.2) is 0 Å². The van der Waals surface area contributed by atoms with E-state index in [0.717, 1.165) is 6.42 Å². The third-order valence-corrected chi connectivity index (χ3v) is 2.31. The fraction of sp³-hybridized carbons (Fsp3) is 0.889. The van der Waals surface area contributed by atoms with Crippen LogP contribution in [0.4, 0.5) is 0 Å². The quantitative estimate of drug-likeness (QED) is 0.495. The molecule has 0 bridgehead atoms. The average molecular weight is 193 g/mol. The summed E-state index contributed by atoms with van der Waals surface area (Å²) in [5.41, 5.74) is 0. The van der Waals surface area contributed by atoms with Crippen molar-refractivity contribution in [1.82, 2.24) is 0 Å². The van der Waals surface area contributed by atoms with E-state index in [0.29, 0.717) is 18.9 Å². The Hall–Kier alpha value is -0.240. The Morgan fingerprint density at radius 2 is 2.00 bits per heavy atom. The number of hydrogen-bond acceptors (Lipinski definition) is 2. The van der Waals surface area contributed by atoms with Crippen molar-refractivity contribution in [2.75, 3.05) is 6.61 Å². The second-order valence-corrected chi connectivity index (χ2v) is 3.55. The van der Waals surface area contributed by atoms with Gasteiger partial charge < -0.3 is 4.74 Å². The molecule has 0 aliphatic rings. The van der Waals surface area contributed by atoms with E-state index < -0.39 is 5.38 Å². The molecule has 0 aromatic heterocycles. The highest BCUT2D eigenvalue weighted by Crippen LogP contribution is 2.06. The zero-order chi connectivity index (χ0) is 9.56. The highest BCUT2D eigenvalue weighted by atomic mass is 35.5. The highest BCUT2D eigenvalue weighted by Gasteiger charge is 2.14. The van der Waals surface area contributed by atoms with Crippen LogP contribution < -0.4 is 0 Å². The number of esters is 1. The van der Waals surface area contributed by atoms with Crippen molar-refractivity contribution in [3.05, 3.63) is 0 Å². The lowest BCUT2D eigenvalue weighted by molar-refractivity contribution is -0.144. The molecular weight excluding hydrogens is 176 g/mol. The minimum atomic E-state index is -0.478. The van der Waals surface area contributed by atoms with Gasteiger partial charge in [0, 0.05) is 0 Å². The van der Waals surface area contributed by atoms with Gasteiger partial charge >= 0.3 is 5.97 Å². The molecule has 12 heavy (non-hydrogen) atoms. The lowest BCUT2D eigenvalue weighted by atomic mass is 10.1. The van der Waals surface area contributed by atoms with Crippen LogP contribution in [0.5, 0.6) is 0 Å². The van der Waals surface area contributed by atoms with Crippen molar-refractivity contribution in [3.8, 4) is 0 Å². The van der Waals surface area contributed by atoms with E-state index in [1.165, 1.54) is 0 Å². The van der Waals surface area contributed by atoms with Gasteiger partial charge in [0.25, 0.3) is 0 Å². The van der Waals surface area contributed by atoms with Gasteiger partial charge in [-0.1, -0.05) is 27.2 Å². The maximum atomic E-state index is 11.0. The van der Waals surface area contributed by atoms with E-state index in [4.69, 9.17) is 16.3 Å². The summed E-state index contributed by atoms with van der Waals surface area (Å²) in [5, 5.41) is -0.478. The number of ether oxygens (including phenoxy) is 1. The van der Waals surface area contributed by atoms with E-state index in [2.05, 4.69) is 6.92 Å². The molecule has 3 heteroatoms. The SMILES string of the molecule is CCC(C)COC(=O)[C@@H](Cl)CC. The fourth-order valence-electron chi connectivity index (χ4n) is 0.599. The number of carbonyl (C=O) groups is 1. The van der Waals surface area contributed by atoms with E-state index in [1.54, 1.807) is 0 Å². The Labute approximate surface area is 79.2 Å². The van der Waals surface area contributed by atoms with Crippen LogP contribution in [-0.4, -0.2) is 18.0 Å². The first-order valence-electron chi connectivity index (χ1n) is 4.42. The molecule has 0 saturated heterocycles. The molecule has 0 heterocycles. The molecule has 0 amide bonds. The van der Waals surface area contributed by atoms with Crippen molar-refractivity contribution in [3.63, 3.8) is 0 Å². The van der Waals surface area contributed by atoms with Gasteiger partial charge in [0.05, 0.1) is 6.61 Å². The predicted octanol–water partition coefficient (Wildman–Crippen LogP) is 2.59. The molecule has 0 radical (unpaired) electrons. The monoisotopic (exact) mass is 192 g/mol. The van der Waals surface area contributed by atoms with Gasteiger partial charge in [-0.05, 0) is 12.3 Å². The number of alkyl halides is 1. The van der Waals surface area contributed by atoms with Gasteiger partial charge in [0.2, 0.25) is 0 Å². The average Bonchev–Trinajstić information content (AvgIpc) is 2.11. The summed E-state index contributed by atoms with van der Waals surface area (Å²) < 4.78 is 4.98. The molecule has 0 N–H and O–H groups in total. The number of halogens is 1. The van der Waals surface area contributed by atoms with Crippen molar-refractivity contribution < 1.29 is 9.53 Å². The molecule has 72 valence electrons. The summed E-state index contributed by atoms with van der Waals surface area (Å²) in [6.45, 7) is 6.46. The number of carbonyl (C=O) groups excluding carboxylic acids is 1. The van der Waals surface area contributed by atoms with Crippen molar-refractivity contribution in [2.45, 2.75) is 39.0 Å². The molecule has 1 unspecified atom stereocenters. The predicted molar refractivity (Wildman–Crippen MR) is 50.3 cm³/mol. The molecule has 2 nitrogen and oxygen atoms in total. The van der Waals surface area contributed by atoms with Crippen molar-refractivity contribution in [1.29, 1.82) is 0 Å². The van der Waals surface area contributed by atoms with Gasteiger partial charge in [-0.2, -0.15) is 0 Å². The Balaban J connectivity index is 3.56. The van der Waals surface area contributed by atoms with Gasteiger partial charge in [-0.25, -0.2) is 0 Å². The maximum Gasteiger partial charge on any atom is 0.324 e. The van der Waals surface area contributed by atoms with Crippen LogP contribution in [0.25, 0.3) is 0 Å². The van der Waals surface area contributed by atoms with Crippen LogP contribution in [0.1, 0.15) is 33.6 Å². The second-order valence-electron chi connectivity index (χ2n) is 3.02. The minimum Gasteiger partial charge on any atom is -0.464 e. The molecule has 0 aliphatic heterocycles. The van der Waals surface area contributed by atoms with Crippen LogP contribution in [0, 0.1) is 5.92 Å². The van der Waals surface area contributed by atoms with E-state index in [9.17, 15) is 4.79 Å². The zero-order valence-electron chi connectivity index (χ0n) is 7.97. The minimum absolute atomic E-state index is 0.292. The lowest BCUT2D eigenvalue weighted by Gasteiger charge is -2.11. The zero-order valence-corrected chi connectivity index (χ0v) is 8.73. The van der Waals surface area contributed by atoms with Crippen molar-refractivity contribution in [2.24, 2.45) is 5.92 Å². The van der Waals surface area contributed by atoms with Crippen LogP contribution >= 0.6 is 11.6 Å². The molecule has 0 saturated carbocycles. The van der Waals surface area contributed by atoms with Crippen molar-refractivity contribution >= 4 is 17.6 Å². The Bertz CT molecular complexity index is 136. The van der Waals surface area contributed by atoms with Gasteiger partial charge in [0.15, 0.2) is 0 Å². The van der Waals surface area contributed by atoms with E-state index >= 15 is 0 Å². The largest absolute Gasteiger partial charge is 0.464 e.